The molecule has 0 aromatic carbocycles. The monoisotopic (exact) mass is 428 g/mol. The molecule has 0 unspecified atom stereocenters. The Balaban J connectivity index is -0.00000000545. The maximum absolute atomic E-state index is 7.17. The van der Waals surface area contributed by atoms with Crippen molar-refractivity contribution in [2.45, 2.75) is 0 Å². The molecule has 26 heavy (non-hydrogen) atoms. The molecule has 0 saturated carbocycles. The molecule has 0 bridgehead atoms. The summed E-state index contributed by atoms with van der Waals surface area (Å²) in [5.41, 5.74) is 0. The minimum Gasteiger partial charge on any atom is -0.412 e. The molecule has 0 heterocycles. The molecule has 0 aliphatic heterocycles. The number of hydrogen-bond donors (Lipinski definition) is 12. The molecule has 0 spiro atoms. The normalized spacial score (nSPS) is 4.15. The second-order valence-electron chi connectivity index (χ2n) is 1.39. The second-order valence-corrected chi connectivity index (χ2v) is 1.39. The molecular weight excluding hydrogens is 395 g/mol. The van der Waals surface area contributed by atoms with Gasteiger partial charge in [-0.3, -0.25) is 0 Å². The predicted octanol–water partition coefficient (Wildman–Crippen LogP) is -16.5. The van der Waals surface area contributed by atoms with E-state index in [0.29, 0.717) is 0 Å². The van der Waals surface area contributed by atoms with E-state index in [2.05, 4.69) is 0 Å². The van der Waals surface area contributed by atoms with Gasteiger partial charge in [0.25, 0.3) is 0 Å². The molecule has 26 heteroatoms. The number of hydrogen-bond acceptors (Lipinski definition) is 12. The molecule has 0 aliphatic carbocycles. The quantitative estimate of drug-likeness (QED) is 0.160. The average molecular weight is 427 g/mol. The van der Waals surface area contributed by atoms with Gasteiger partial charge >= 0.3 is 29.3 Å². The Morgan fingerprint density at radius 3 is 0.192 bits per heavy atom. The van der Waals surface area contributed by atoms with Crippen LogP contribution in [0.2, 0.25) is 0 Å². The van der Waals surface area contributed by atoms with Gasteiger partial charge in [0.05, 0.1) is 0 Å². The van der Waals surface area contributed by atoms with E-state index in [0.717, 1.165) is 0 Å². The Bertz CT molecular complexity index is 59.1. The molecule has 176 valence electrons. The zero-order valence-corrected chi connectivity index (χ0v) is 12.7. The largest absolute Gasteiger partial charge is 0.631 e. The Labute approximate surface area is 145 Å². The fraction of sp³-hybridized carbons (Fsp3) is 0. The summed E-state index contributed by atoms with van der Waals surface area (Å²) in [5.74, 6) is 0. The van der Waals surface area contributed by atoms with Gasteiger partial charge in [-0.2, -0.15) is 0 Å². The van der Waals surface area contributed by atoms with Crippen LogP contribution in [-0.2, 0) is 0 Å². The summed E-state index contributed by atoms with van der Waals surface area (Å²) >= 11 is 0. The third-order valence-corrected chi connectivity index (χ3v) is 0. The van der Waals surface area contributed by atoms with Crippen molar-refractivity contribution in [1.82, 2.24) is 0 Å². The van der Waals surface area contributed by atoms with Crippen molar-refractivity contribution in [3.8, 4) is 0 Å². The first-order valence-corrected chi connectivity index (χ1v) is 3.10. The third-order valence-electron chi connectivity index (χ3n) is 0. The highest BCUT2D eigenvalue weighted by Crippen LogP contribution is 1.41. The van der Waals surface area contributed by atoms with Crippen molar-refractivity contribution in [2.75, 3.05) is 0 Å². The van der Waals surface area contributed by atoms with E-state index in [1.54, 1.807) is 0 Å². The Morgan fingerprint density at radius 1 is 0.192 bits per heavy atom. The lowest BCUT2D eigenvalue weighted by Gasteiger charge is -1.69. The van der Waals surface area contributed by atoms with Crippen molar-refractivity contribution in [2.24, 2.45) is 0 Å². The van der Waals surface area contributed by atoms with Crippen LogP contribution in [0.25, 0.3) is 0 Å². The second kappa shape index (κ2) is 103. The smallest absolute Gasteiger partial charge is 0.412 e. The van der Waals surface area contributed by atoms with Gasteiger partial charge in [0.1, 0.15) is 0 Å². The Kier molecular flexibility index (Phi) is 461. The van der Waals surface area contributed by atoms with Crippen molar-refractivity contribution < 1.29 is 115 Å². The van der Waals surface area contributed by atoms with Crippen LogP contribution in [0.4, 0.5) is 0 Å². The maximum atomic E-state index is 7.17. The Morgan fingerprint density at radius 2 is 0.192 bits per heavy atom. The van der Waals surface area contributed by atoms with Crippen molar-refractivity contribution >= 4 is 29.3 Å². The van der Waals surface area contributed by atoms with Crippen LogP contribution < -0.4 is 0 Å². The van der Waals surface area contributed by atoms with Gasteiger partial charge in [-0.1, -0.05) is 0 Å². The molecule has 0 rings (SSSR count). The van der Waals surface area contributed by atoms with Crippen LogP contribution in [0, 0.1) is 0 Å². The zero-order chi connectivity index (χ0) is 14.3. The van der Waals surface area contributed by atoms with Crippen LogP contribution in [0.1, 0.15) is 0 Å². The maximum Gasteiger partial charge on any atom is 0.631 e. The highest BCUT2D eigenvalue weighted by atomic mass is 16.5. The summed E-state index contributed by atoms with van der Waals surface area (Å²) in [7, 11) is -8.67. The van der Waals surface area contributed by atoms with Crippen molar-refractivity contribution in [1.29, 1.82) is 0 Å². The van der Waals surface area contributed by atoms with Crippen LogP contribution >= 0.6 is 0 Å². The number of rotatable bonds is 0. The minimum absolute atomic E-state index is 0. The summed E-state index contributed by atoms with van der Waals surface area (Å²) in [5, 5.41) is 86.0. The summed E-state index contributed by atoms with van der Waals surface area (Å²) in [6.07, 6.45) is 0. The fourth-order valence-electron chi connectivity index (χ4n) is 0. The van der Waals surface area contributed by atoms with Crippen LogP contribution in [-0.4, -0.2) is 144 Å². The lowest BCUT2D eigenvalue weighted by Crippen LogP contribution is -2.07. The van der Waals surface area contributed by atoms with Crippen molar-refractivity contribution in [3.63, 3.8) is 0 Å². The van der Waals surface area contributed by atoms with E-state index >= 15 is 0 Å². The van der Waals surface area contributed by atoms with Gasteiger partial charge < -0.3 is 115 Å². The van der Waals surface area contributed by atoms with Gasteiger partial charge in [0.15, 0.2) is 0 Å². The van der Waals surface area contributed by atoms with Gasteiger partial charge in [0, 0.05) is 0 Å². The van der Waals surface area contributed by atoms with Gasteiger partial charge in [-0.25, -0.2) is 0 Å². The molecule has 32 N–H and O–H groups in total. The third kappa shape index (κ3) is 30400. The summed E-state index contributed by atoms with van der Waals surface area (Å²) in [6, 6.07) is 0. The lowest BCUT2D eigenvalue weighted by atomic mass is 10.3. The first-order valence-electron chi connectivity index (χ1n) is 3.10. The highest BCUT2D eigenvalue weighted by Gasteiger charge is 1.93. The molecule has 0 fully saturated rings. The molecule has 0 amide bonds. The molecular formula is H32B4O22. The van der Waals surface area contributed by atoms with Gasteiger partial charge in [-0.05, 0) is 0 Å². The van der Waals surface area contributed by atoms with E-state index in [1.807, 2.05) is 0 Å². The standard InChI is InChI=1S/4BH3O3.10H2O/c4*2-1(3)4;;;;;;;;;;/h4*2-4H;10*1H2. The van der Waals surface area contributed by atoms with E-state index in [4.69, 9.17) is 60.3 Å². The van der Waals surface area contributed by atoms with Crippen molar-refractivity contribution in [3.05, 3.63) is 0 Å². The Hall–Kier alpha value is -0.620. The van der Waals surface area contributed by atoms with E-state index in [1.165, 1.54) is 0 Å². The van der Waals surface area contributed by atoms with Crippen LogP contribution in [0.5, 0.6) is 0 Å². The van der Waals surface area contributed by atoms with E-state index < -0.39 is 29.3 Å². The molecule has 0 aromatic heterocycles. The van der Waals surface area contributed by atoms with Crippen LogP contribution in [0.3, 0.4) is 0 Å². The molecule has 0 saturated heterocycles. The molecule has 0 atom stereocenters. The van der Waals surface area contributed by atoms with E-state index in [-0.39, 0.29) is 54.8 Å². The first kappa shape index (κ1) is 116. The first-order chi connectivity index (χ1) is 6.93. The highest BCUT2D eigenvalue weighted by molar-refractivity contribution is 6.31. The minimum atomic E-state index is -2.17. The lowest BCUT2D eigenvalue weighted by molar-refractivity contribution is 0.276. The van der Waals surface area contributed by atoms with Gasteiger partial charge in [-0.15, -0.1) is 0 Å². The topological polar surface area (TPSA) is 558 Å². The summed E-state index contributed by atoms with van der Waals surface area (Å²) in [4.78, 5) is 0. The molecule has 0 radical (unpaired) electrons. The summed E-state index contributed by atoms with van der Waals surface area (Å²) in [6.45, 7) is 0. The molecule has 22 nitrogen and oxygen atoms in total. The van der Waals surface area contributed by atoms with Gasteiger partial charge in [0.2, 0.25) is 0 Å². The predicted molar refractivity (Wildman–Crippen MR) is 85.8 cm³/mol. The summed E-state index contributed by atoms with van der Waals surface area (Å²) < 4.78 is 0. The van der Waals surface area contributed by atoms with Crippen LogP contribution in [0.15, 0.2) is 0 Å². The van der Waals surface area contributed by atoms with E-state index in [9.17, 15) is 0 Å². The SMILES string of the molecule is O.O.O.O.O.O.O.O.O.O.OB(O)O.OB(O)O.OB(O)O.OB(O)O. The average Bonchev–Trinajstić information content (AvgIpc) is 1.76. The molecule has 0 aliphatic rings. The zero-order valence-electron chi connectivity index (χ0n) is 12.7. The fourth-order valence-corrected chi connectivity index (χ4v) is 0. The molecule has 0 aromatic rings.